The molecule has 0 atom stereocenters. The Balaban J connectivity index is 1.45. The Kier molecular flexibility index (Phi) is 4.71. The van der Waals surface area contributed by atoms with Crippen molar-refractivity contribution in [3.63, 3.8) is 0 Å². The molecule has 2 N–H and O–H groups in total. The molecule has 2 aromatic rings. The maximum atomic E-state index is 12.7. The maximum absolute atomic E-state index is 12.7. The first-order valence-electron chi connectivity index (χ1n) is 9.36. The predicted octanol–water partition coefficient (Wildman–Crippen LogP) is 4.44. The quantitative estimate of drug-likeness (QED) is 0.584. The molecule has 7 nitrogen and oxygen atoms in total. The molecule has 1 spiro atoms. The van der Waals surface area contributed by atoms with Crippen LogP contribution in [0.15, 0.2) is 30.5 Å². The lowest BCUT2D eigenvalue weighted by Crippen LogP contribution is -2.39. The second-order valence-corrected chi connectivity index (χ2v) is 8.07. The van der Waals surface area contributed by atoms with E-state index in [9.17, 15) is 14.9 Å². The average Bonchev–Trinajstić information content (AvgIpc) is 2.92. The zero-order valence-corrected chi connectivity index (χ0v) is 16.3. The number of nitrogens with one attached hydrogen (secondary N) is 2. The van der Waals surface area contributed by atoms with Gasteiger partial charge in [0.15, 0.2) is 0 Å². The van der Waals surface area contributed by atoms with Crippen molar-refractivity contribution in [3.05, 3.63) is 56.7 Å². The molecule has 8 heteroatoms. The summed E-state index contributed by atoms with van der Waals surface area (Å²) in [6.45, 7) is 2.30. The lowest BCUT2D eigenvalue weighted by Gasteiger charge is -2.35. The number of aryl methyl sites for hydroxylation is 1. The lowest BCUT2D eigenvalue weighted by atomic mass is 9.67. The summed E-state index contributed by atoms with van der Waals surface area (Å²) in [5.41, 5.74) is 1.94. The van der Waals surface area contributed by atoms with Gasteiger partial charge in [0.2, 0.25) is 11.7 Å². The van der Waals surface area contributed by atoms with Gasteiger partial charge >= 0.3 is 5.69 Å². The van der Waals surface area contributed by atoms with Crippen LogP contribution in [-0.4, -0.2) is 22.4 Å². The molecule has 1 aromatic carbocycles. The number of benzene rings is 1. The average molecular weight is 401 g/mol. The van der Waals surface area contributed by atoms with E-state index in [2.05, 4.69) is 15.6 Å². The lowest BCUT2D eigenvalue weighted by molar-refractivity contribution is -0.384. The van der Waals surface area contributed by atoms with E-state index in [1.165, 1.54) is 0 Å². The van der Waals surface area contributed by atoms with Crippen LogP contribution in [-0.2, 0) is 10.2 Å². The monoisotopic (exact) mass is 400 g/mol. The van der Waals surface area contributed by atoms with Gasteiger partial charge in [0, 0.05) is 29.0 Å². The van der Waals surface area contributed by atoms with Crippen molar-refractivity contribution in [1.29, 1.82) is 0 Å². The first-order valence-corrected chi connectivity index (χ1v) is 9.74. The van der Waals surface area contributed by atoms with Gasteiger partial charge in [-0.2, -0.15) is 0 Å². The number of anilines is 2. The number of aromatic nitrogens is 1. The van der Waals surface area contributed by atoms with Crippen molar-refractivity contribution < 1.29 is 9.72 Å². The van der Waals surface area contributed by atoms with Crippen LogP contribution in [0.4, 0.5) is 17.2 Å². The van der Waals surface area contributed by atoms with Crippen LogP contribution in [0, 0.1) is 23.0 Å². The Labute approximate surface area is 167 Å². The fraction of sp³-hybridized carbons (Fsp3) is 0.400. The van der Waals surface area contributed by atoms with Crippen molar-refractivity contribution in [2.24, 2.45) is 5.92 Å². The summed E-state index contributed by atoms with van der Waals surface area (Å²) in [7, 11) is 0. The number of carbonyl (C=O) groups excluding carboxylic acids is 1. The first kappa shape index (κ1) is 18.7. The molecule has 2 aliphatic rings. The molecule has 0 saturated heterocycles. The number of amides is 1. The van der Waals surface area contributed by atoms with Gasteiger partial charge in [0.25, 0.3) is 0 Å². The molecule has 1 saturated carbocycles. The summed E-state index contributed by atoms with van der Waals surface area (Å²) < 4.78 is 0. The molecule has 2 heterocycles. The molecule has 1 amide bonds. The number of nitrogens with zero attached hydrogens (tertiary/aromatic N) is 2. The van der Waals surface area contributed by atoms with Gasteiger partial charge in [0.05, 0.1) is 10.3 Å². The summed E-state index contributed by atoms with van der Waals surface area (Å²) in [5.74, 6) is 0.678. The molecule has 0 radical (unpaired) electrons. The second-order valence-electron chi connectivity index (χ2n) is 7.63. The highest BCUT2D eigenvalue weighted by molar-refractivity contribution is 6.31. The number of hydrogen-bond donors (Lipinski definition) is 2. The third kappa shape index (κ3) is 3.09. The molecule has 1 aliphatic heterocycles. The fourth-order valence-electron chi connectivity index (χ4n) is 4.41. The minimum Gasteiger partial charge on any atom is -0.364 e. The Bertz CT molecular complexity index is 954. The summed E-state index contributed by atoms with van der Waals surface area (Å²) >= 11 is 6.16. The van der Waals surface area contributed by atoms with E-state index < -0.39 is 10.3 Å². The van der Waals surface area contributed by atoms with Gasteiger partial charge in [0.1, 0.15) is 0 Å². The highest BCUT2D eigenvalue weighted by Crippen LogP contribution is 2.49. The molecular formula is C20H21ClN4O3. The van der Waals surface area contributed by atoms with Gasteiger partial charge in [-0.3, -0.25) is 14.9 Å². The van der Waals surface area contributed by atoms with Crippen LogP contribution in [0.2, 0.25) is 5.02 Å². The largest absolute Gasteiger partial charge is 0.364 e. The molecule has 4 rings (SSSR count). The Morgan fingerprint density at radius 2 is 2.11 bits per heavy atom. The van der Waals surface area contributed by atoms with Gasteiger partial charge in [-0.05, 0) is 68.4 Å². The van der Waals surface area contributed by atoms with Gasteiger partial charge < -0.3 is 10.6 Å². The third-order valence-corrected chi connectivity index (χ3v) is 6.24. The standard InChI is InChI=1S/C20H21ClN4O3/c1-12-6-9-22-18(17(12)25(27)28)23-11-13-4-7-20(8-5-13)15-10-14(21)2-3-16(15)24-19(20)26/h2-3,6,9-10,13H,4-5,7-8,11H2,1H3,(H,22,23)(H,24,26). The maximum Gasteiger partial charge on any atom is 0.314 e. The van der Waals surface area contributed by atoms with Crippen LogP contribution in [0.25, 0.3) is 0 Å². The molecule has 0 bridgehead atoms. The Morgan fingerprint density at radius 3 is 2.82 bits per heavy atom. The molecule has 146 valence electrons. The van der Waals surface area contributed by atoms with E-state index >= 15 is 0 Å². The third-order valence-electron chi connectivity index (χ3n) is 6.01. The predicted molar refractivity (Wildman–Crippen MR) is 108 cm³/mol. The number of pyridine rings is 1. The minimum atomic E-state index is -0.510. The van der Waals surface area contributed by atoms with E-state index in [-0.39, 0.29) is 11.6 Å². The van der Waals surface area contributed by atoms with Gasteiger partial charge in [-0.1, -0.05) is 11.6 Å². The van der Waals surface area contributed by atoms with Crippen molar-refractivity contribution in [2.75, 3.05) is 17.2 Å². The Hall–Kier alpha value is -2.67. The van der Waals surface area contributed by atoms with Crippen LogP contribution < -0.4 is 10.6 Å². The van der Waals surface area contributed by atoms with Gasteiger partial charge in [-0.25, -0.2) is 4.98 Å². The molecular weight excluding hydrogens is 380 g/mol. The summed E-state index contributed by atoms with van der Waals surface area (Å²) in [5, 5.41) is 18.1. The molecule has 1 aromatic heterocycles. The van der Waals surface area contributed by atoms with E-state index in [0.29, 0.717) is 28.9 Å². The second kappa shape index (κ2) is 7.05. The van der Waals surface area contributed by atoms with E-state index in [0.717, 1.165) is 36.9 Å². The van der Waals surface area contributed by atoms with Crippen LogP contribution in [0.1, 0.15) is 36.8 Å². The van der Waals surface area contributed by atoms with Crippen LogP contribution in [0.3, 0.4) is 0 Å². The number of carbonyl (C=O) groups is 1. The zero-order valence-electron chi connectivity index (χ0n) is 15.5. The van der Waals surface area contributed by atoms with Crippen molar-refractivity contribution >= 4 is 34.7 Å². The summed E-state index contributed by atoms with van der Waals surface area (Å²) in [6, 6.07) is 7.18. The first-order chi connectivity index (χ1) is 13.4. The number of rotatable bonds is 4. The topological polar surface area (TPSA) is 97.2 Å². The highest BCUT2D eigenvalue weighted by atomic mass is 35.5. The van der Waals surface area contributed by atoms with Crippen molar-refractivity contribution in [2.45, 2.75) is 38.0 Å². The number of nitro groups is 1. The van der Waals surface area contributed by atoms with E-state index in [1.54, 1.807) is 25.3 Å². The molecule has 1 aliphatic carbocycles. The number of halogens is 1. The fourth-order valence-corrected chi connectivity index (χ4v) is 4.58. The van der Waals surface area contributed by atoms with Crippen LogP contribution >= 0.6 is 11.6 Å². The number of fused-ring (bicyclic) bond motifs is 2. The SMILES string of the molecule is Cc1ccnc(NCC2CCC3(CC2)C(=O)Nc2ccc(Cl)cc23)c1[N+](=O)[O-]. The van der Waals surface area contributed by atoms with E-state index in [4.69, 9.17) is 11.6 Å². The molecule has 28 heavy (non-hydrogen) atoms. The molecule has 1 fully saturated rings. The minimum absolute atomic E-state index is 0.0218. The van der Waals surface area contributed by atoms with Crippen LogP contribution in [0.5, 0.6) is 0 Å². The zero-order chi connectivity index (χ0) is 19.9. The summed E-state index contributed by atoms with van der Waals surface area (Å²) in [4.78, 5) is 27.8. The van der Waals surface area contributed by atoms with Gasteiger partial charge in [-0.15, -0.1) is 0 Å². The normalized spacial score (nSPS) is 23.4. The smallest absolute Gasteiger partial charge is 0.314 e. The highest BCUT2D eigenvalue weighted by Gasteiger charge is 2.48. The number of hydrogen-bond acceptors (Lipinski definition) is 5. The van der Waals surface area contributed by atoms with E-state index in [1.807, 2.05) is 12.1 Å². The van der Waals surface area contributed by atoms with Crippen molar-refractivity contribution in [1.82, 2.24) is 4.98 Å². The van der Waals surface area contributed by atoms with Crippen molar-refractivity contribution in [3.8, 4) is 0 Å². The molecule has 0 unspecified atom stereocenters. The summed E-state index contributed by atoms with van der Waals surface area (Å²) in [6.07, 6.45) is 4.76. The Morgan fingerprint density at radius 1 is 1.36 bits per heavy atom.